The van der Waals surface area contributed by atoms with Crippen LogP contribution in [0.1, 0.15) is 48.0 Å². The Balaban J connectivity index is 1.69. The van der Waals surface area contributed by atoms with Crippen molar-refractivity contribution in [1.82, 2.24) is 9.62 Å². The predicted octanol–water partition coefficient (Wildman–Crippen LogP) is 3.62. The average molecular weight is 431 g/mol. The van der Waals surface area contributed by atoms with E-state index in [0.29, 0.717) is 37.4 Å². The molecule has 162 valence electrons. The van der Waals surface area contributed by atoms with Gasteiger partial charge < -0.3 is 9.64 Å². The van der Waals surface area contributed by atoms with Crippen LogP contribution in [0.25, 0.3) is 0 Å². The monoisotopic (exact) mass is 430 g/mol. The van der Waals surface area contributed by atoms with E-state index in [2.05, 4.69) is 4.72 Å². The molecule has 2 aromatic carbocycles. The van der Waals surface area contributed by atoms with E-state index in [0.717, 1.165) is 32.1 Å². The molecular weight excluding hydrogens is 400 g/mol. The smallest absolute Gasteiger partial charge is 0.257 e. The number of ether oxygens (including phenoxy) is 1. The van der Waals surface area contributed by atoms with Crippen LogP contribution < -0.4 is 9.46 Å². The summed E-state index contributed by atoms with van der Waals surface area (Å²) in [6.07, 6.45) is 5.65. The van der Waals surface area contributed by atoms with Gasteiger partial charge in [0.15, 0.2) is 0 Å². The molecule has 7 heteroatoms. The van der Waals surface area contributed by atoms with Crippen LogP contribution in [0, 0.1) is 0 Å². The number of rotatable bonds is 8. The number of nitrogens with zero attached hydrogens (tertiary/aromatic N) is 1. The number of sulfonamides is 1. The standard InChI is InChI=1S/C23H30N2O4S/c1-29-22-14-13-20(18-21(22)23(26)25-16-7-2-3-8-17-25)30(27,28)24-15-9-12-19-10-5-4-6-11-19/h4-6,10-11,13-14,18,24H,2-3,7-9,12,15-17H2,1H3. The molecule has 6 nitrogen and oxygen atoms in total. The number of methoxy groups -OCH3 is 1. The fourth-order valence-electron chi connectivity index (χ4n) is 3.69. The SMILES string of the molecule is COc1ccc(S(=O)(=O)NCCCc2ccccc2)cc1C(=O)N1CCCCCC1. The van der Waals surface area contributed by atoms with Crippen LogP contribution in [-0.4, -0.2) is 46.0 Å². The fraction of sp³-hybridized carbons (Fsp3) is 0.435. The summed E-state index contributed by atoms with van der Waals surface area (Å²) in [5.74, 6) is 0.224. The van der Waals surface area contributed by atoms with Crippen LogP contribution in [0.3, 0.4) is 0 Å². The Bertz CT molecular complexity index is 937. The Labute approximate surface area is 179 Å². The van der Waals surface area contributed by atoms with Crippen LogP contribution in [0.4, 0.5) is 0 Å². The number of carbonyl (C=O) groups excluding carboxylic acids is 1. The van der Waals surface area contributed by atoms with E-state index >= 15 is 0 Å². The third-order valence-electron chi connectivity index (χ3n) is 5.38. The van der Waals surface area contributed by atoms with Gasteiger partial charge in [-0.2, -0.15) is 0 Å². The van der Waals surface area contributed by atoms with Crippen molar-refractivity contribution in [3.63, 3.8) is 0 Å². The quantitative estimate of drug-likeness (QED) is 0.649. The summed E-state index contributed by atoms with van der Waals surface area (Å²) in [5.41, 5.74) is 1.47. The third kappa shape index (κ3) is 5.83. The van der Waals surface area contributed by atoms with Crippen molar-refractivity contribution in [2.45, 2.75) is 43.4 Å². The molecule has 0 radical (unpaired) electrons. The fourth-order valence-corrected chi connectivity index (χ4v) is 4.79. The van der Waals surface area contributed by atoms with Gasteiger partial charge in [0.2, 0.25) is 10.0 Å². The van der Waals surface area contributed by atoms with Gasteiger partial charge in [-0.25, -0.2) is 13.1 Å². The van der Waals surface area contributed by atoms with Crippen molar-refractivity contribution in [3.8, 4) is 5.75 Å². The molecular formula is C23H30N2O4S. The number of likely N-dealkylation sites (tertiary alicyclic amines) is 1. The molecule has 0 unspecified atom stereocenters. The van der Waals surface area contributed by atoms with E-state index in [-0.39, 0.29) is 10.8 Å². The van der Waals surface area contributed by atoms with Crippen molar-refractivity contribution in [2.24, 2.45) is 0 Å². The van der Waals surface area contributed by atoms with Crippen LogP contribution in [0.2, 0.25) is 0 Å². The zero-order valence-corrected chi connectivity index (χ0v) is 18.3. The Hall–Kier alpha value is -2.38. The summed E-state index contributed by atoms with van der Waals surface area (Å²) >= 11 is 0. The molecule has 1 fully saturated rings. The Morgan fingerprint density at radius 1 is 1.03 bits per heavy atom. The second kappa shape index (κ2) is 10.6. The van der Waals surface area contributed by atoms with Crippen molar-refractivity contribution in [2.75, 3.05) is 26.7 Å². The number of hydrogen-bond donors (Lipinski definition) is 1. The van der Waals surface area contributed by atoms with E-state index in [1.54, 1.807) is 11.0 Å². The molecule has 1 heterocycles. The van der Waals surface area contributed by atoms with Gasteiger partial charge in [-0.1, -0.05) is 43.2 Å². The molecule has 1 amide bonds. The molecule has 2 aromatic rings. The minimum absolute atomic E-state index is 0.0844. The molecule has 1 N–H and O–H groups in total. The van der Waals surface area contributed by atoms with Crippen LogP contribution in [0.15, 0.2) is 53.4 Å². The van der Waals surface area contributed by atoms with Gasteiger partial charge in [0.1, 0.15) is 5.75 Å². The van der Waals surface area contributed by atoms with E-state index < -0.39 is 10.0 Å². The van der Waals surface area contributed by atoms with E-state index in [9.17, 15) is 13.2 Å². The minimum Gasteiger partial charge on any atom is -0.496 e. The first-order chi connectivity index (χ1) is 14.5. The Morgan fingerprint density at radius 3 is 2.40 bits per heavy atom. The Kier molecular flexibility index (Phi) is 7.87. The molecule has 30 heavy (non-hydrogen) atoms. The van der Waals surface area contributed by atoms with Gasteiger partial charge in [0.25, 0.3) is 5.91 Å². The highest BCUT2D eigenvalue weighted by atomic mass is 32.2. The maximum Gasteiger partial charge on any atom is 0.257 e. The number of benzene rings is 2. The van der Waals surface area contributed by atoms with Gasteiger partial charge in [0.05, 0.1) is 17.6 Å². The van der Waals surface area contributed by atoms with Gasteiger partial charge in [0, 0.05) is 19.6 Å². The van der Waals surface area contributed by atoms with Crippen molar-refractivity contribution in [3.05, 3.63) is 59.7 Å². The number of carbonyl (C=O) groups is 1. The second-order valence-corrected chi connectivity index (χ2v) is 9.32. The summed E-state index contributed by atoms with van der Waals surface area (Å²) in [7, 11) is -2.22. The lowest BCUT2D eigenvalue weighted by atomic mass is 10.1. The van der Waals surface area contributed by atoms with E-state index in [1.165, 1.54) is 24.8 Å². The lowest BCUT2D eigenvalue weighted by molar-refractivity contribution is 0.0758. The number of nitrogens with one attached hydrogen (secondary N) is 1. The third-order valence-corrected chi connectivity index (χ3v) is 6.84. The highest BCUT2D eigenvalue weighted by Crippen LogP contribution is 2.25. The van der Waals surface area contributed by atoms with Crippen molar-refractivity contribution >= 4 is 15.9 Å². The average Bonchev–Trinajstić information content (AvgIpc) is 3.06. The largest absolute Gasteiger partial charge is 0.496 e. The molecule has 1 aliphatic heterocycles. The van der Waals surface area contributed by atoms with Gasteiger partial charge in [-0.15, -0.1) is 0 Å². The van der Waals surface area contributed by atoms with Crippen LogP contribution in [-0.2, 0) is 16.4 Å². The topological polar surface area (TPSA) is 75.7 Å². The maximum atomic E-state index is 13.1. The zero-order valence-electron chi connectivity index (χ0n) is 17.5. The minimum atomic E-state index is -3.71. The molecule has 0 spiro atoms. The summed E-state index contributed by atoms with van der Waals surface area (Å²) < 4.78 is 33.5. The molecule has 0 bridgehead atoms. The number of amides is 1. The molecule has 0 aliphatic carbocycles. The van der Waals surface area contributed by atoms with E-state index in [4.69, 9.17) is 4.74 Å². The summed E-state index contributed by atoms with van der Waals surface area (Å²) in [5, 5.41) is 0. The number of hydrogen-bond acceptors (Lipinski definition) is 4. The highest BCUT2D eigenvalue weighted by Gasteiger charge is 2.24. The number of aryl methyl sites for hydroxylation is 1. The lowest BCUT2D eigenvalue weighted by Gasteiger charge is -2.22. The summed E-state index contributed by atoms with van der Waals surface area (Å²) in [6, 6.07) is 14.4. The van der Waals surface area contributed by atoms with Gasteiger partial charge in [-0.05, 0) is 49.4 Å². The summed E-state index contributed by atoms with van der Waals surface area (Å²) in [4.78, 5) is 14.9. The predicted molar refractivity (Wildman–Crippen MR) is 117 cm³/mol. The first-order valence-corrected chi connectivity index (χ1v) is 12.0. The molecule has 3 rings (SSSR count). The van der Waals surface area contributed by atoms with Gasteiger partial charge in [-0.3, -0.25) is 4.79 Å². The van der Waals surface area contributed by atoms with Crippen LogP contribution >= 0.6 is 0 Å². The maximum absolute atomic E-state index is 13.1. The molecule has 0 aromatic heterocycles. The van der Waals surface area contributed by atoms with Crippen molar-refractivity contribution < 1.29 is 17.9 Å². The van der Waals surface area contributed by atoms with Crippen molar-refractivity contribution in [1.29, 1.82) is 0 Å². The Morgan fingerprint density at radius 2 is 1.73 bits per heavy atom. The highest BCUT2D eigenvalue weighted by molar-refractivity contribution is 7.89. The first kappa shape index (κ1) is 22.3. The second-order valence-electron chi connectivity index (χ2n) is 7.56. The first-order valence-electron chi connectivity index (χ1n) is 10.5. The normalized spacial score (nSPS) is 14.9. The molecule has 1 saturated heterocycles. The summed E-state index contributed by atoms with van der Waals surface area (Å²) in [6.45, 7) is 1.71. The van der Waals surface area contributed by atoms with Gasteiger partial charge >= 0.3 is 0 Å². The molecule has 0 saturated carbocycles. The van der Waals surface area contributed by atoms with Crippen LogP contribution in [0.5, 0.6) is 5.75 Å². The lowest BCUT2D eigenvalue weighted by Crippen LogP contribution is -2.32. The zero-order chi connectivity index (χ0) is 21.4. The van der Waals surface area contributed by atoms with E-state index in [1.807, 2.05) is 30.3 Å². The molecule has 1 aliphatic rings. The molecule has 0 atom stereocenters.